The van der Waals surface area contributed by atoms with Crippen LogP contribution in [0.15, 0.2) is 200 Å². The monoisotopic (exact) mass is 739 g/mol. The van der Waals surface area contributed by atoms with Crippen LogP contribution in [0.2, 0.25) is 0 Å². The highest BCUT2D eigenvalue weighted by molar-refractivity contribution is 6.19. The van der Waals surface area contributed by atoms with Gasteiger partial charge in [0.05, 0.1) is 22.4 Å². The van der Waals surface area contributed by atoms with Crippen LogP contribution in [0.4, 0.5) is 17.1 Å². The standard InChI is InChI=1S/C53H33N5/c1-3-15-36(16-4-1)51-54-52(56-53(55-51)43-24-13-27-46-50(43)41-22-9-10-25-44(41)57(46)38-19-5-2-6-20-38)37-28-31-39(32-29-37)58-45-26-12-18-35-17-11-23-42(48(35)45)49-40-21-8-7-14-34(40)30-33-47(49)58/h1-33H. The molecule has 1 aliphatic rings. The summed E-state index contributed by atoms with van der Waals surface area (Å²) in [7, 11) is 0. The first-order valence-corrected chi connectivity index (χ1v) is 19.6. The number of hydrogen-bond acceptors (Lipinski definition) is 4. The molecule has 0 spiro atoms. The minimum absolute atomic E-state index is 0.622. The van der Waals surface area contributed by atoms with E-state index < -0.39 is 0 Å². The summed E-state index contributed by atoms with van der Waals surface area (Å²) < 4.78 is 2.33. The second-order valence-electron chi connectivity index (χ2n) is 14.8. The lowest BCUT2D eigenvalue weighted by Gasteiger charge is -2.34. The molecule has 0 aliphatic carbocycles. The largest absolute Gasteiger partial charge is 0.309 e. The number of para-hydroxylation sites is 2. The van der Waals surface area contributed by atoms with Crippen molar-refractivity contribution in [2.75, 3.05) is 4.90 Å². The molecule has 0 radical (unpaired) electrons. The predicted octanol–water partition coefficient (Wildman–Crippen LogP) is 13.7. The zero-order chi connectivity index (χ0) is 38.2. The van der Waals surface area contributed by atoms with Crippen LogP contribution >= 0.6 is 0 Å². The SMILES string of the molecule is c1ccc(-c2nc(-c3ccc(N4c5ccc6ccccc6c5-c5cccc6cccc4c56)cc3)nc(-c3cccc4c3c3ccccc3n4-c3ccccc3)n2)cc1. The third-order valence-corrected chi connectivity index (χ3v) is 11.5. The molecule has 1 aliphatic heterocycles. The molecule has 12 rings (SSSR count). The predicted molar refractivity (Wildman–Crippen MR) is 239 cm³/mol. The van der Waals surface area contributed by atoms with Crippen molar-refractivity contribution in [3.05, 3.63) is 200 Å². The van der Waals surface area contributed by atoms with E-state index in [1.807, 2.05) is 18.2 Å². The third-order valence-electron chi connectivity index (χ3n) is 11.5. The van der Waals surface area contributed by atoms with Crippen LogP contribution in [0.25, 0.3) is 94.3 Å². The van der Waals surface area contributed by atoms with Gasteiger partial charge in [-0.25, -0.2) is 15.0 Å². The van der Waals surface area contributed by atoms with Crippen molar-refractivity contribution in [3.8, 4) is 51.0 Å². The molecule has 0 saturated carbocycles. The maximum absolute atomic E-state index is 5.27. The summed E-state index contributed by atoms with van der Waals surface area (Å²) in [5.74, 6) is 1.89. The Kier molecular flexibility index (Phi) is 7.16. The molecule has 11 aromatic rings. The van der Waals surface area contributed by atoms with Gasteiger partial charge in [0, 0.05) is 49.8 Å². The summed E-state index contributed by atoms with van der Waals surface area (Å²) in [5, 5.41) is 7.22. The van der Waals surface area contributed by atoms with Crippen LogP contribution in [0.5, 0.6) is 0 Å². The first kappa shape index (κ1) is 32.4. The molecule has 58 heavy (non-hydrogen) atoms. The van der Waals surface area contributed by atoms with Crippen LogP contribution in [-0.4, -0.2) is 19.5 Å². The van der Waals surface area contributed by atoms with Crippen molar-refractivity contribution in [1.29, 1.82) is 0 Å². The molecule has 3 heterocycles. The van der Waals surface area contributed by atoms with Gasteiger partial charge >= 0.3 is 0 Å². The highest BCUT2D eigenvalue weighted by Gasteiger charge is 2.27. The lowest BCUT2D eigenvalue weighted by molar-refractivity contribution is 1.08. The smallest absolute Gasteiger partial charge is 0.164 e. The van der Waals surface area contributed by atoms with Gasteiger partial charge in [-0.15, -0.1) is 0 Å². The number of nitrogens with zero attached hydrogens (tertiary/aromatic N) is 5. The van der Waals surface area contributed by atoms with Crippen molar-refractivity contribution in [2.24, 2.45) is 0 Å². The quantitative estimate of drug-likeness (QED) is 0.176. The Morgan fingerprint density at radius 1 is 0.328 bits per heavy atom. The number of hydrogen-bond donors (Lipinski definition) is 0. The molecule has 0 amide bonds. The fourth-order valence-electron chi connectivity index (χ4n) is 9.02. The van der Waals surface area contributed by atoms with E-state index in [0.29, 0.717) is 17.5 Å². The van der Waals surface area contributed by atoms with Crippen LogP contribution in [-0.2, 0) is 0 Å². The Bertz CT molecular complexity index is 3380. The van der Waals surface area contributed by atoms with Crippen molar-refractivity contribution in [2.45, 2.75) is 0 Å². The molecule has 0 atom stereocenters. The number of benzene rings is 9. The van der Waals surface area contributed by atoms with Crippen LogP contribution in [0.3, 0.4) is 0 Å². The Morgan fingerprint density at radius 2 is 0.931 bits per heavy atom. The Labute approximate surface area is 334 Å². The number of aromatic nitrogens is 4. The van der Waals surface area contributed by atoms with E-state index in [9.17, 15) is 0 Å². The highest BCUT2D eigenvalue weighted by atomic mass is 15.2. The number of fused-ring (bicyclic) bond motifs is 7. The van der Waals surface area contributed by atoms with Crippen molar-refractivity contribution in [1.82, 2.24) is 19.5 Å². The van der Waals surface area contributed by atoms with Gasteiger partial charge in [-0.3, -0.25) is 0 Å². The van der Waals surface area contributed by atoms with E-state index in [0.717, 1.165) is 55.6 Å². The molecule has 0 saturated heterocycles. The number of anilines is 3. The third kappa shape index (κ3) is 4.93. The Balaban J connectivity index is 1.04. The van der Waals surface area contributed by atoms with Crippen LogP contribution in [0.1, 0.15) is 0 Å². The second kappa shape index (κ2) is 12.8. The van der Waals surface area contributed by atoms with Crippen molar-refractivity contribution >= 4 is 60.4 Å². The summed E-state index contributed by atoms with van der Waals surface area (Å²) in [6.45, 7) is 0. The maximum atomic E-state index is 5.27. The van der Waals surface area contributed by atoms with E-state index in [-0.39, 0.29) is 0 Å². The molecule has 5 nitrogen and oxygen atoms in total. The van der Waals surface area contributed by atoms with E-state index in [2.05, 4.69) is 191 Å². The zero-order valence-corrected chi connectivity index (χ0v) is 31.3. The van der Waals surface area contributed by atoms with Gasteiger partial charge in [-0.2, -0.15) is 0 Å². The fourth-order valence-corrected chi connectivity index (χ4v) is 9.02. The minimum atomic E-state index is 0.622. The average Bonchev–Trinajstić information content (AvgIpc) is 3.64. The van der Waals surface area contributed by atoms with Crippen molar-refractivity contribution in [3.63, 3.8) is 0 Å². The molecule has 0 bridgehead atoms. The first-order valence-electron chi connectivity index (χ1n) is 19.6. The first-order chi connectivity index (χ1) is 28.8. The minimum Gasteiger partial charge on any atom is -0.309 e. The molecule has 5 heteroatoms. The summed E-state index contributed by atoms with van der Waals surface area (Å²) in [6, 6.07) is 70.8. The molecule has 270 valence electrons. The normalized spacial score (nSPS) is 12.1. The molecule has 0 N–H and O–H groups in total. The molecule has 0 unspecified atom stereocenters. The lowest BCUT2D eigenvalue weighted by Crippen LogP contribution is -2.15. The molecular weight excluding hydrogens is 707 g/mol. The summed E-state index contributed by atoms with van der Waals surface area (Å²) in [4.78, 5) is 18.0. The van der Waals surface area contributed by atoms with Gasteiger partial charge in [-0.1, -0.05) is 140 Å². The molecule has 0 fully saturated rings. The molecule has 2 aromatic heterocycles. The van der Waals surface area contributed by atoms with Gasteiger partial charge in [0.25, 0.3) is 0 Å². The van der Waals surface area contributed by atoms with Crippen molar-refractivity contribution < 1.29 is 0 Å². The Hall–Kier alpha value is -7.89. The summed E-state index contributed by atoms with van der Waals surface area (Å²) in [5.41, 5.74) is 12.1. The highest BCUT2D eigenvalue weighted by Crippen LogP contribution is 2.53. The van der Waals surface area contributed by atoms with Gasteiger partial charge < -0.3 is 9.47 Å². The van der Waals surface area contributed by atoms with Gasteiger partial charge in [0.2, 0.25) is 0 Å². The molecular formula is C53H33N5. The van der Waals surface area contributed by atoms with Crippen LogP contribution in [0, 0.1) is 0 Å². The van der Waals surface area contributed by atoms with E-state index in [1.165, 1.54) is 38.4 Å². The van der Waals surface area contributed by atoms with Gasteiger partial charge in [0.1, 0.15) is 0 Å². The second-order valence-corrected chi connectivity index (χ2v) is 14.8. The molecule has 9 aromatic carbocycles. The zero-order valence-electron chi connectivity index (χ0n) is 31.3. The maximum Gasteiger partial charge on any atom is 0.164 e. The summed E-state index contributed by atoms with van der Waals surface area (Å²) in [6.07, 6.45) is 0. The van der Waals surface area contributed by atoms with Crippen LogP contribution < -0.4 is 4.90 Å². The van der Waals surface area contributed by atoms with E-state index in [1.54, 1.807) is 0 Å². The van der Waals surface area contributed by atoms with Gasteiger partial charge in [0.15, 0.2) is 17.5 Å². The fraction of sp³-hybridized carbons (Fsp3) is 0. The van der Waals surface area contributed by atoms with E-state index in [4.69, 9.17) is 15.0 Å². The van der Waals surface area contributed by atoms with Gasteiger partial charge in [-0.05, 0) is 82.4 Å². The lowest BCUT2D eigenvalue weighted by atomic mass is 9.87. The van der Waals surface area contributed by atoms with E-state index >= 15 is 0 Å². The number of rotatable bonds is 5. The topological polar surface area (TPSA) is 46.8 Å². The Morgan fingerprint density at radius 3 is 1.74 bits per heavy atom. The summed E-state index contributed by atoms with van der Waals surface area (Å²) >= 11 is 0. The average molecular weight is 740 g/mol.